The molecule has 0 aliphatic heterocycles. The largest absolute Gasteiger partial charge is 0.480 e. The maximum atomic E-state index is 12.3. The summed E-state index contributed by atoms with van der Waals surface area (Å²) in [5.74, 6) is 0.0254. The van der Waals surface area contributed by atoms with E-state index in [2.05, 4.69) is 4.98 Å². The summed E-state index contributed by atoms with van der Waals surface area (Å²) in [6.07, 6.45) is -2.61. The van der Waals surface area contributed by atoms with Gasteiger partial charge in [-0.3, -0.25) is 0 Å². The molecule has 1 heterocycles. The zero-order chi connectivity index (χ0) is 10.0. The molecule has 0 aliphatic rings. The second-order valence-electron chi connectivity index (χ2n) is 2.15. The first kappa shape index (κ1) is 10.9. The van der Waals surface area contributed by atoms with Crippen molar-refractivity contribution < 1.29 is 13.5 Å². The molecule has 0 atom stereocenters. The first-order valence-corrected chi connectivity index (χ1v) is 4.70. The van der Waals surface area contributed by atoms with Gasteiger partial charge in [0.25, 0.3) is 6.43 Å². The summed E-state index contributed by atoms with van der Waals surface area (Å²) < 4.78 is 29.7. The van der Waals surface area contributed by atoms with Gasteiger partial charge in [-0.1, -0.05) is 11.6 Å². The van der Waals surface area contributed by atoms with Gasteiger partial charge in [0.05, 0.1) is 7.11 Å². The summed E-state index contributed by atoms with van der Waals surface area (Å²) in [6, 6.07) is 1.40. The average Bonchev–Trinajstić information content (AvgIpc) is 2.03. The van der Waals surface area contributed by atoms with Crippen molar-refractivity contribution >= 4 is 34.2 Å². The average molecular weight is 319 g/mol. The lowest BCUT2D eigenvalue weighted by molar-refractivity contribution is 0.144. The van der Waals surface area contributed by atoms with Crippen molar-refractivity contribution in [2.45, 2.75) is 6.43 Å². The first-order chi connectivity index (χ1) is 6.06. The zero-order valence-electron chi connectivity index (χ0n) is 6.52. The molecule has 0 N–H and O–H groups in total. The van der Waals surface area contributed by atoms with Crippen LogP contribution in [0.4, 0.5) is 8.78 Å². The Kier molecular flexibility index (Phi) is 3.66. The monoisotopic (exact) mass is 319 g/mol. The number of rotatable bonds is 2. The van der Waals surface area contributed by atoms with Gasteiger partial charge in [-0.15, -0.1) is 0 Å². The summed E-state index contributed by atoms with van der Waals surface area (Å²) in [5.41, 5.74) is -0.304. The highest BCUT2D eigenvalue weighted by Crippen LogP contribution is 2.30. The van der Waals surface area contributed by atoms with Crippen molar-refractivity contribution in [3.05, 3.63) is 20.4 Å². The second kappa shape index (κ2) is 4.36. The Hall–Kier alpha value is -0.170. The van der Waals surface area contributed by atoms with Crippen molar-refractivity contribution in [2.75, 3.05) is 7.11 Å². The third-order valence-electron chi connectivity index (χ3n) is 1.32. The van der Waals surface area contributed by atoms with Crippen LogP contribution >= 0.6 is 34.2 Å². The van der Waals surface area contributed by atoms with E-state index in [9.17, 15) is 8.78 Å². The van der Waals surface area contributed by atoms with E-state index < -0.39 is 6.43 Å². The highest BCUT2D eigenvalue weighted by atomic mass is 127. The Balaban J connectivity index is 3.22. The number of hydrogen-bond acceptors (Lipinski definition) is 2. The normalized spacial score (nSPS) is 10.6. The van der Waals surface area contributed by atoms with Gasteiger partial charge < -0.3 is 4.74 Å². The fourth-order valence-electron chi connectivity index (χ4n) is 0.759. The predicted molar refractivity (Wildman–Crippen MR) is 53.5 cm³/mol. The fraction of sp³-hybridized carbons (Fsp3) is 0.286. The zero-order valence-corrected chi connectivity index (χ0v) is 9.44. The van der Waals surface area contributed by atoms with E-state index in [-0.39, 0.29) is 16.6 Å². The minimum atomic E-state index is -2.61. The van der Waals surface area contributed by atoms with E-state index in [1.807, 2.05) is 0 Å². The molecule has 2 nitrogen and oxygen atoms in total. The minimum absolute atomic E-state index is 0.0254. The summed E-state index contributed by atoms with van der Waals surface area (Å²) in [7, 11) is 1.33. The molecule has 0 unspecified atom stereocenters. The second-order valence-corrected chi connectivity index (χ2v) is 3.72. The van der Waals surface area contributed by atoms with Crippen molar-refractivity contribution in [3.63, 3.8) is 0 Å². The predicted octanol–water partition coefficient (Wildman–Crippen LogP) is 3.29. The number of halogens is 4. The van der Waals surface area contributed by atoms with Gasteiger partial charge in [0, 0.05) is 3.57 Å². The summed E-state index contributed by atoms with van der Waals surface area (Å²) >= 11 is 7.42. The van der Waals surface area contributed by atoms with Crippen LogP contribution < -0.4 is 4.74 Å². The van der Waals surface area contributed by atoms with Gasteiger partial charge in [-0.25, -0.2) is 13.8 Å². The fourth-order valence-corrected chi connectivity index (χ4v) is 1.84. The summed E-state index contributed by atoms with van der Waals surface area (Å²) in [6.45, 7) is 0. The molecule has 1 aromatic heterocycles. The lowest BCUT2D eigenvalue weighted by Gasteiger charge is -2.06. The summed E-state index contributed by atoms with van der Waals surface area (Å²) in [4.78, 5) is 3.58. The molecule has 0 aromatic carbocycles. The lowest BCUT2D eigenvalue weighted by atomic mass is 10.3. The smallest absolute Gasteiger partial charge is 0.281 e. The van der Waals surface area contributed by atoms with Gasteiger partial charge in [-0.05, 0) is 28.7 Å². The molecule has 0 bridgehead atoms. The number of nitrogens with zero attached hydrogens (tertiary/aromatic N) is 1. The van der Waals surface area contributed by atoms with Crippen LogP contribution in [0.25, 0.3) is 0 Å². The Morgan fingerprint density at radius 1 is 1.62 bits per heavy atom. The molecular formula is C7H5ClF2INO. The highest BCUT2D eigenvalue weighted by Gasteiger charge is 2.16. The van der Waals surface area contributed by atoms with Crippen molar-refractivity contribution in [1.29, 1.82) is 0 Å². The highest BCUT2D eigenvalue weighted by molar-refractivity contribution is 14.1. The SMILES string of the molecule is COc1nc(C(F)F)c(I)cc1Cl. The van der Waals surface area contributed by atoms with Crippen LogP contribution in [0.1, 0.15) is 12.1 Å². The molecule has 0 radical (unpaired) electrons. The van der Waals surface area contributed by atoms with Gasteiger partial charge in [0.2, 0.25) is 5.88 Å². The van der Waals surface area contributed by atoms with Crippen LogP contribution in [-0.2, 0) is 0 Å². The van der Waals surface area contributed by atoms with E-state index in [0.29, 0.717) is 3.57 Å². The Morgan fingerprint density at radius 3 is 2.69 bits per heavy atom. The van der Waals surface area contributed by atoms with E-state index in [4.69, 9.17) is 16.3 Å². The van der Waals surface area contributed by atoms with Gasteiger partial charge in [-0.2, -0.15) is 0 Å². The van der Waals surface area contributed by atoms with Crippen molar-refractivity contribution in [3.8, 4) is 5.88 Å². The summed E-state index contributed by atoms with van der Waals surface area (Å²) in [5, 5.41) is 0.233. The molecule has 0 fully saturated rings. The third kappa shape index (κ3) is 2.40. The molecule has 0 saturated carbocycles. The maximum Gasteiger partial charge on any atom is 0.281 e. The van der Waals surface area contributed by atoms with Gasteiger partial charge in [0.15, 0.2) is 0 Å². The minimum Gasteiger partial charge on any atom is -0.480 e. The van der Waals surface area contributed by atoms with Crippen LogP contribution in [0.3, 0.4) is 0 Å². The molecule has 0 aliphatic carbocycles. The molecule has 6 heteroatoms. The molecule has 0 spiro atoms. The Morgan fingerprint density at radius 2 is 2.23 bits per heavy atom. The molecule has 1 aromatic rings. The van der Waals surface area contributed by atoms with Crippen LogP contribution in [-0.4, -0.2) is 12.1 Å². The molecule has 72 valence electrons. The Labute approximate surface area is 92.4 Å². The molecule has 0 saturated heterocycles. The van der Waals surface area contributed by atoms with Crippen LogP contribution in [0.15, 0.2) is 6.07 Å². The lowest BCUT2D eigenvalue weighted by Crippen LogP contribution is -1.98. The molecule has 0 amide bonds. The number of pyridine rings is 1. The first-order valence-electron chi connectivity index (χ1n) is 3.24. The number of ether oxygens (including phenoxy) is 1. The van der Waals surface area contributed by atoms with Crippen LogP contribution in [0.2, 0.25) is 5.02 Å². The molecule has 13 heavy (non-hydrogen) atoms. The van der Waals surface area contributed by atoms with E-state index in [1.165, 1.54) is 13.2 Å². The third-order valence-corrected chi connectivity index (χ3v) is 2.46. The number of hydrogen-bond donors (Lipinski definition) is 0. The standard InChI is InChI=1S/C7H5ClF2INO/c1-13-7-3(8)2-4(11)5(12-7)6(9)10/h2,6H,1H3. The van der Waals surface area contributed by atoms with Crippen LogP contribution in [0.5, 0.6) is 5.88 Å². The van der Waals surface area contributed by atoms with Gasteiger partial charge in [0.1, 0.15) is 10.7 Å². The van der Waals surface area contributed by atoms with E-state index in [0.717, 1.165) is 0 Å². The van der Waals surface area contributed by atoms with Crippen molar-refractivity contribution in [1.82, 2.24) is 4.98 Å². The van der Waals surface area contributed by atoms with E-state index in [1.54, 1.807) is 22.6 Å². The Bertz CT molecular complexity index is 322. The number of methoxy groups -OCH3 is 1. The van der Waals surface area contributed by atoms with Gasteiger partial charge >= 0.3 is 0 Å². The van der Waals surface area contributed by atoms with Crippen molar-refractivity contribution in [2.24, 2.45) is 0 Å². The molecule has 1 rings (SSSR count). The quantitative estimate of drug-likeness (QED) is 0.781. The topological polar surface area (TPSA) is 22.1 Å². The number of alkyl halides is 2. The maximum absolute atomic E-state index is 12.3. The number of aromatic nitrogens is 1. The molecular weight excluding hydrogens is 314 g/mol. The van der Waals surface area contributed by atoms with E-state index >= 15 is 0 Å². The van der Waals surface area contributed by atoms with Crippen LogP contribution in [0, 0.1) is 3.57 Å².